The molecular formula is C16H22N2O3. The number of hydrogen-bond acceptors (Lipinski definition) is 4. The molecule has 1 amide bonds. The van der Waals surface area contributed by atoms with Gasteiger partial charge in [-0.15, -0.1) is 0 Å². The number of likely N-dealkylation sites (tertiary alicyclic amines) is 1. The summed E-state index contributed by atoms with van der Waals surface area (Å²) in [4.78, 5) is 25.7. The maximum absolute atomic E-state index is 12.4. The number of piperidine rings is 1. The van der Waals surface area contributed by atoms with Gasteiger partial charge in [-0.2, -0.15) is 0 Å². The van der Waals surface area contributed by atoms with Crippen LogP contribution in [0.4, 0.5) is 0 Å². The van der Waals surface area contributed by atoms with Gasteiger partial charge in [0, 0.05) is 19.6 Å². The second-order valence-corrected chi connectivity index (χ2v) is 5.33. The molecule has 114 valence electrons. The molecule has 5 heteroatoms. The number of amides is 1. The van der Waals surface area contributed by atoms with Gasteiger partial charge in [0.1, 0.15) is 0 Å². The predicted molar refractivity (Wildman–Crippen MR) is 79.4 cm³/mol. The highest BCUT2D eigenvalue weighted by Gasteiger charge is 2.27. The summed E-state index contributed by atoms with van der Waals surface area (Å²) in [6.45, 7) is 1.67. The molecule has 0 atom stereocenters. The molecule has 1 fully saturated rings. The first-order valence-electron chi connectivity index (χ1n) is 7.28. The molecule has 2 N–H and O–H groups in total. The maximum Gasteiger partial charge on any atom is 0.308 e. The van der Waals surface area contributed by atoms with E-state index in [1.165, 1.54) is 7.11 Å². The van der Waals surface area contributed by atoms with E-state index < -0.39 is 0 Å². The van der Waals surface area contributed by atoms with Gasteiger partial charge in [-0.1, -0.05) is 24.3 Å². The van der Waals surface area contributed by atoms with E-state index in [4.69, 9.17) is 10.5 Å². The summed E-state index contributed by atoms with van der Waals surface area (Å²) >= 11 is 0. The van der Waals surface area contributed by atoms with Crippen molar-refractivity contribution in [2.24, 2.45) is 11.7 Å². The van der Waals surface area contributed by atoms with E-state index in [1.807, 2.05) is 29.2 Å². The molecule has 1 aliphatic heterocycles. The first kappa shape index (κ1) is 15.5. The minimum absolute atomic E-state index is 0.0737. The minimum atomic E-state index is -0.171. The van der Waals surface area contributed by atoms with Crippen LogP contribution in [-0.2, 0) is 27.3 Å². The average Bonchev–Trinajstić information content (AvgIpc) is 2.54. The van der Waals surface area contributed by atoms with Gasteiger partial charge >= 0.3 is 5.97 Å². The number of rotatable bonds is 4. The third-order valence-corrected chi connectivity index (χ3v) is 4.06. The van der Waals surface area contributed by atoms with Crippen molar-refractivity contribution in [3.8, 4) is 0 Å². The number of carbonyl (C=O) groups is 2. The van der Waals surface area contributed by atoms with Crippen molar-refractivity contribution in [2.75, 3.05) is 20.2 Å². The Morgan fingerprint density at radius 2 is 1.86 bits per heavy atom. The van der Waals surface area contributed by atoms with Crippen molar-refractivity contribution in [2.45, 2.75) is 25.8 Å². The summed E-state index contributed by atoms with van der Waals surface area (Å²) in [5, 5.41) is 0. The van der Waals surface area contributed by atoms with Crippen molar-refractivity contribution in [3.63, 3.8) is 0 Å². The lowest BCUT2D eigenvalue weighted by molar-refractivity contribution is -0.148. The molecular weight excluding hydrogens is 268 g/mol. The molecule has 0 unspecified atom stereocenters. The van der Waals surface area contributed by atoms with Gasteiger partial charge in [-0.25, -0.2) is 0 Å². The summed E-state index contributed by atoms with van der Waals surface area (Å²) in [7, 11) is 1.41. The summed E-state index contributed by atoms with van der Waals surface area (Å²) in [6, 6.07) is 7.75. The minimum Gasteiger partial charge on any atom is -0.469 e. The molecule has 1 aromatic rings. The number of esters is 1. The largest absolute Gasteiger partial charge is 0.469 e. The number of hydrogen-bond donors (Lipinski definition) is 1. The summed E-state index contributed by atoms with van der Waals surface area (Å²) < 4.78 is 4.76. The predicted octanol–water partition coefficient (Wildman–Crippen LogP) is 1.10. The Kier molecular flexibility index (Phi) is 5.33. The lowest BCUT2D eigenvalue weighted by atomic mass is 9.96. The van der Waals surface area contributed by atoms with Crippen molar-refractivity contribution >= 4 is 11.9 Å². The highest BCUT2D eigenvalue weighted by molar-refractivity contribution is 5.80. The molecule has 2 rings (SSSR count). The molecule has 0 bridgehead atoms. The topological polar surface area (TPSA) is 72.6 Å². The molecule has 0 aliphatic carbocycles. The van der Waals surface area contributed by atoms with E-state index in [2.05, 4.69) is 0 Å². The Hall–Kier alpha value is -1.88. The quantitative estimate of drug-likeness (QED) is 0.843. The van der Waals surface area contributed by atoms with Gasteiger partial charge in [-0.3, -0.25) is 9.59 Å². The zero-order chi connectivity index (χ0) is 15.2. The van der Waals surface area contributed by atoms with Crippen LogP contribution in [-0.4, -0.2) is 37.0 Å². The van der Waals surface area contributed by atoms with E-state index in [0.29, 0.717) is 38.9 Å². The molecule has 0 saturated carbocycles. The van der Waals surface area contributed by atoms with Crippen molar-refractivity contribution in [1.29, 1.82) is 0 Å². The molecule has 1 aromatic carbocycles. The van der Waals surface area contributed by atoms with Crippen LogP contribution < -0.4 is 5.73 Å². The molecule has 1 aliphatic rings. The Labute approximate surface area is 125 Å². The van der Waals surface area contributed by atoms with Crippen molar-refractivity contribution in [1.82, 2.24) is 4.90 Å². The van der Waals surface area contributed by atoms with Gasteiger partial charge in [0.05, 0.1) is 19.4 Å². The Morgan fingerprint density at radius 1 is 1.24 bits per heavy atom. The molecule has 1 saturated heterocycles. The van der Waals surface area contributed by atoms with E-state index >= 15 is 0 Å². The second kappa shape index (κ2) is 7.22. The number of ether oxygens (including phenoxy) is 1. The second-order valence-electron chi connectivity index (χ2n) is 5.33. The zero-order valence-electron chi connectivity index (χ0n) is 12.4. The van der Waals surface area contributed by atoms with Crippen molar-refractivity contribution < 1.29 is 14.3 Å². The number of carbonyl (C=O) groups excluding carboxylic acids is 2. The van der Waals surface area contributed by atoms with E-state index in [9.17, 15) is 9.59 Å². The lowest BCUT2D eigenvalue weighted by Crippen LogP contribution is -2.41. The van der Waals surface area contributed by atoms with Crippen LogP contribution in [0.5, 0.6) is 0 Å². The Balaban J connectivity index is 1.92. The SMILES string of the molecule is COC(=O)C1CCN(C(=O)Cc2ccccc2CN)CC1. The van der Waals surface area contributed by atoms with Crippen LogP contribution in [0.3, 0.4) is 0 Å². The van der Waals surface area contributed by atoms with Gasteiger partial charge < -0.3 is 15.4 Å². The van der Waals surface area contributed by atoms with Crippen LogP contribution in [0, 0.1) is 5.92 Å². The third kappa shape index (κ3) is 3.82. The maximum atomic E-state index is 12.4. The first-order chi connectivity index (χ1) is 10.2. The normalized spacial score (nSPS) is 15.8. The monoisotopic (exact) mass is 290 g/mol. The number of methoxy groups -OCH3 is 1. The standard InChI is InChI=1S/C16H22N2O3/c1-21-16(20)12-6-8-18(9-7-12)15(19)10-13-4-2-3-5-14(13)11-17/h2-5,12H,6-11,17H2,1H3. The van der Waals surface area contributed by atoms with Crippen molar-refractivity contribution in [3.05, 3.63) is 35.4 Å². The summed E-state index contributed by atoms with van der Waals surface area (Å²) in [6.07, 6.45) is 1.73. The smallest absolute Gasteiger partial charge is 0.308 e. The number of nitrogens with two attached hydrogens (primary N) is 1. The molecule has 0 aromatic heterocycles. The van der Waals surface area contributed by atoms with E-state index in [-0.39, 0.29) is 17.8 Å². The van der Waals surface area contributed by atoms with Crippen LogP contribution in [0.2, 0.25) is 0 Å². The van der Waals surface area contributed by atoms with Gasteiger partial charge in [0.15, 0.2) is 0 Å². The molecule has 1 heterocycles. The van der Waals surface area contributed by atoms with E-state index in [0.717, 1.165) is 11.1 Å². The van der Waals surface area contributed by atoms with Gasteiger partial charge in [0.25, 0.3) is 0 Å². The zero-order valence-corrected chi connectivity index (χ0v) is 12.4. The Bertz CT molecular complexity index is 508. The van der Waals surface area contributed by atoms with Crippen LogP contribution >= 0.6 is 0 Å². The molecule has 0 radical (unpaired) electrons. The van der Waals surface area contributed by atoms with E-state index in [1.54, 1.807) is 0 Å². The van der Waals surface area contributed by atoms with Gasteiger partial charge in [-0.05, 0) is 24.0 Å². The van der Waals surface area contributed by atoms with Crippen LogP contribution in [0.15, 0.2) is 24.3 Å². The van der Waals surface area contributed by atoms with Crippen LogP contribution in [0.25, 0.3) is 0 Å². The molecule has 5 nitrogen and oxygen atoms in total. The van der Waals surface area contributed by atoms with Crippen LogP contribution in [0.1, 0.15) is 24.0 Å². The third-order valence-electron chi connectivity index (χ3n) is 4.06. The lowest BCUT2D eigenvalue weighted by Gasteiger charge is -2.31. The molecule has 21 heavy (non-hydrogen) atoms. The average molecular weight is 290 g/mol. The fourth-order valence-electron chi connectivity index (χ4n) is 2.74. The number of benzene rings is 1. The summed E-state index contributed by atoms with van der Waals surface area (Å²) in [5.74, 6) is -0.148. The summed E-state index contributed by atoms with van der Waals surface area (Å²) in [5.41, 5.74) is 7.69. The van der Waals surface area contributed by atoms with Gasteiger partial charge in [0.2, 0.25) is 5.91 Å². The Morgan fingerprint density at radius 3 is 2.43 bits per heavy atom. The fourth-order valence-corrected chi connectivity index (χ4v) is 2.74. The fraction of sp³-hybridized carbons (Fsp3) is 0.500. The number of nitrogens with zero attached hydrogens (tertiary/aromatic N) is 1. The first-order valence-corrected chi connectivity index (χ1v) is 7.28. The highest BCUT2D eigenvalue weighted by atomic mass is 16.5. The molecule has 0 spiro atoms. The highest BCUT2D eigenvalue weighted by Crippen LogP contribution is 2.19.